The van der Waals surface area contributed by atoms with Crippen molar-refractivity contribution in [2.75, 3.05) is 68.5 Å². The van der Waals surface area contributed by atoms with E-state index in [0.717, 1.165) is 16.2 Å². The van der Waals surface area contributed by atoms with Gasteiger partial charge in [-0.15, -0.1) is 5.10 Å². The number of nitrogens with one attached hydrogen (secondary N) is 2. The monoisotopic (exact) mass is 894 g/mol. The number of alkyl halides is 2. The summed E-state index contributed by atoms with van der Waals surface area (Å²) in [4.78, 5) is 68.8. The number of aromatic nitrogens is 5. The number of urea groups is 1. The number of carbonyl (C=O) groups excluding carboxylic acids is 4. The third-order valence-corrected chi connectivity index (χ3v) is 13.2. The number of imide groups is 1. The molecule has 1 aromatic carbocycles. The van der Waals surface area contributed by atoms with E-state index < -0.39 is 47.5 Å². The number of likely N-dealkylation sites (tertiary alicyclic amines) is 2. The number of anilines is 4. The number of amides is 5. The number of piperidine rings is 1. The molecule has 3 saturated heterocycles. The molecule has 340 valence electrons. The molecular weight excluding hydrogens is 846 g/mol. The average Bonchev–Trinajstić information content (AvgIpc) is 3.89. The van der Waals surface area contributed by atoms with Crippen LogP contribution in [0.1, 0.15) is 69.8 Å². The Morgan fingerprint density at radius 3 is 2.42 bits per heavy atom. The highest BCUT2D eigenvalue weighted by Gasteiger charge is 2.63. The SMILES string of the molecule is CNc1cc(N2CCc3c(-c4ncc(CN5CC6(CCN(C(=O)c7cc(N8CCC(=O)NC8=O)c(C)cn7)CC6(F)F)C5)cc4F)cccc32)nn2c(C(N)=O)cnc12.COC1CCC1. The number of rotatable bonds is 9. The highest BCUT2D eigenvalue weighted by atomic mass is 19.3. The number of hydrogen-bond donors (Lipinski definition) is 3. The number of aryl methyl sites for hydroxylation is 1. The Morgan fingerprint density at radius 1 is 0.969 bits per heavy atom. The second-order valence-corrected chi connectivity index (χ2v) is 17.3. The smallest absolute Gasteiger partial charge is 0.328 e. The Labute approximate surface area is 372 Å². The van der Waals surface area contributed by atoms with Gasteiger partial charge in [0.2, 0.25) is 5.91 Å². The molecule has 20 heteroatoms. The maximum Gasteiger partial charge on any atom is 0.328 e. The summed E-state index contributed by atoms with van der Waals surface area (Å²) in [5.41, 5.74) is 9.38. The normalized spacial score (nSPS) is 19.0. The van der Waals surface area contributed by atoms with Crippen LogP contribution in [0.2, 0.25) is 0 Å². The third-order valence-electron chi connectivity index (χ3n) is 13.2. The maximum atomic E-state index is 15.9. The van der Waals surface area contributed by atoms with Gasteiger partial charge < -0.3 is 25.6 Å². The molecule has 5 aliphatic rings. The molecule has 65 heavy (non-hydrogen) atoms. The van der Waals surface area contributed by atoms with Crippen molar-refractivity contribution in [3.05, 3.63) is 88.9 Å². The first-order chi connectivity index (χ1) is 31.2. The van der Waals surface area contributed by atoms with Crippen molar-refractivity contribution < 1.29 is 37.1 Å². The van der Waals surface area contributed by atoms with Crippen LogP contribution in [-0.4, -0.2) is 124 Å². The summed E-state index contributed by atoms with van der Waals surface area (Å²) < 4.78 is 54.1. The Bertz CT molecular complexity index is 2720. The summed E-state index contributed by atoms with van der Waals surface area (Å²) in [5.74, 6) is -4.93. The van der Waals surface area contributed by atoms with E-state index in [0.29, 0.717) is 58.6 Å². The summed E-state index contributed by atoms with van der Waals surface area (Å²) >= 11 is 0. The zero-order valence-corrected chi connectivity index (χ0v) is 36.2. The lowest BCUT2D eigenvalue weighted by Gasteiger charge is -2.57. The zero-order valence-electron chi connectivity index (χ0n) is 36.2. The van der Waals surface area contributed by atoms with Gasteiger partial charge >= 0.3 is 6.03 Å². The van der Waals surface area contributed by atoms with Crippen molar-refractivity contribution in [1.29, 1.82) is 0 Å². The van der Waals surface area contributed by atoms with Gasteiger partial charge in [0.25, 0.3) is 17.7 Å². The van der Waals surface area contributed by atoms with Gasteiger partial charge in [-0.05, 0) is 73.9 Å². The number of nitrogens with two attached hydrogens (primary N) is 1. The Hall–Kier alpha value is -6.67. The van der Waals surface area contributed by atoms with Crippen molar-refractivity contribution in [2.45, 2.75) is 64.0 Å². The number of primary amides is 1. The lowest BCUT2D eigenvalue weighted by molar-refractivity contribution is -0.220. The Balaban J connectivity index is 0.000000823. The predicted molar refractivity (Wildman–Crippen MR) is 234 cm³/mol. The molecule has 4 fully saturated rings. The molecule has 8 heterocycles. The first-order valence-electron chi connectivity index (χ1n) is 21.6. The van der Waals surface area contributed by atoms with Crippen LogP contribution in [-0.2, 0) is 22.5 Å². The largest absolute Gasteiger partial charge is 0.385 e. The van der Waals surface area contributed by atoms with E-state index >= 15 is 13.2 Å². The number of benzene rings is 1. The number of nitrogens with zero attached hydrogens (tertiary/aromatic N) is 9. The number of halogens is 3. The molecule has 0 unspecified atom stereocenters. The fraction of sp³-hybridized carbons (Fsp3) is 0.422. The lowest BCUT2D eigenvalue weighted by atomic mass is 9.69. The fourth-order valence-electron chi connectivity index (χ4n) is 9.34. The molecule has 0 bridgehead atoms. The van der Waals surface area contributed by atoms with Crippen LogP contribution in [0.15, 0.2) is 55.0 Å². The van der Waals surface area contributed by atoms with E-state index in [1.54, 1.807) is 27.3 Å². The Kier molecular flexibility index (Phi) is 11.4. The topological polar surface area (TPSA) is 197 Å². The van der Waals surface area contributed by atoms with Crippen molar-refractivity contribution >= 4 is 52.3 Å². The minimum atomic E-state index is -3.20. The second-order valence-electron chi connectivity index (χ2n) is 17.3. The van der Waals surface area contributed by atoms with Crippen LogP contribution in [0.4, 0.5) is 40.8 Å². The molecule has 4 aromatic heterocycles. The van der Waals surface area contributed by atoms with Gasteiger partial charge in [-0.1, -0.05) is 12.1 Å². The van der Waals surface area contributed by atoms with E-state index in [2.05, 4.69) is 30.7 Å². The first-order valence-corrected chi connectivity index (χ1v) is 21.6. The number of imidazole rings is 1. The van der Waals surface area contributed by atoms with Gasteiger partial charge in [0, 0.05) is 89.6 Å². The van der Waals surface area contributed by atoms with Gasteiger partial charge in [0.05, 0.1) is 35.6 Å². The van der Waals surface area contributed by atoms with Crippen LogP contribution in [0.3, 0.4) is 0 Å². The van der Waals surface area contributed by atoms with Crippen molar-refractivity contribution in [3.63, 3.8) is 0 Å². The number of carbonyl (C=O) groups is 4. The van der Waals surface area contributed by atoms with Crippen LogP contribution in [0.5, 0.6) is 0 Å². The van der Waals surface area contributed by atoms with Crippen molar-refractivity contribution in [3.8, 4) is 11.3 Å². The van der Waals surface area contributed by atoms with E-state index in [1.165, 1.54) is 53.2 Å². The molecule has 5 aromatic rings. The van der Waals surface area contributed by atoms with Gasteiger partial charge in [0.15, 0.2) is 11.5 Å². The number of methoxy groups -OCH3 is 1. The van der Waals surface area contributed by atoms with E-state index in [4.69, 9.17) is 10.5 Å². The summed E-state index contributed by atoms with van der Waals surface area (Å²) in [6.07, 6.45) is 9.65. The summed E-state index contributed by atoms with van der Waals surface area (Å²) in [5, 5.41) is 10.0. The van der Waals surface area contributed by atoms with Crippen molar-refractivity contribution in [2.24, 2.45) is 11.1 Å². The van der Waals surface area contributed by atoms with E-state index in [-0.39, 0.29) is 62.6 Å². The van der Waals surface area contributed by atoms with E-state index in [9.17, 15) is 19.2 Å². The molecular formula is C45H49F3N12O5. The zero-order chi connectivity index (χ0) is 45.8. The minimum Gasteiger partial charge on any atom is -0.385 e. The molecule has 1 spiro atoms. The molecule has 5 amide bonds. The van der Waals surface area contributed by atoms with Crippen LogP contribution in [0, 0.1) is 18.2 Å². The number of pyridine rings is 2. The highest BCUT2D eigenvalue weighted by molar-refractivity contribution is 6.06. The predicted octanol–water partition coefficient (Wildman–Crippen LogP) is 5.08. The third kappa shape index (κ3) is 7.98. The lowest BCUT2D eigenvalue weighted by Crippen LogP contribution is -2.70. The first kappa shape index (κ1) is 43.6. The van der Waals surface area contributed by atoms with Gasteiger partial charge in [-0.2, -0.15) is 0 Å². The average molecular weight is 895 g/mol. The summed E-state index contributed by atoms with van der Waals surface area (Å²) in [6, 6.07) is 9.55. The summed E-state index contributed by atoms with van der Waals surface area (Å²) in [6.45, 7) is 2.03. The maximum absolute atomic E-state index is 15.9. The molecule has 0 atom stereocenters. The van der Waals surface area contributed by atoms with E-state index in [1.807, 2.05) is 34.1 Å². The quantitative estimate of drug-likeness (QED) is 0.178. The number of ether oxygens (including phenoxy) is 1. The molecule has 17 nitrogen and oxygen atoms in total. The second kappa shape index (κ2) is 17.0. The van der Waals surface area contributed by atoms with Gasteiger partial charge in [0.1, 0.15) is 22.9 Å². The van der Waals surface area contributed by atoms with Crippen LogP contribution >= 0.6 is 0 Å². The summed E-state index contributed by atoms with van der Waals surface area (Å²) in [7, 11) is 3.52. The van der Waals surface area contributed by atoms with Crippen LogP contribution in [0.25, 0.3) is 16.9 Å². The highest BCUT2D eigenvalue weighted by Crippen LogP contribution is 2.51. The number of hydrogen-bond acceptors (Lipinski definition) is 12. The molecule has 4 N–H and O–H groups in total. The minimum absolute atomic E-state index is 0.0631. The fourth-order valence-corrected chi connectivity index (χ4v) is 9.34. The molecule has 1 aliphatic carbocycles. The molecule has 4 aliphatic heterocycles. The molecule has 1 saturated carbocycles. The van der Waals surface area contributed by atoms with Gasteiger partial charge in [-0.3, -0.25) is 39.5 Å². The van der Waals surface area contributed by atoms with Gasteiger partial charge in [-0.25, -0.2) is 27.5 Å². The van der Waals surface area contributed by atoms with Crippen molar-refractivity contribution in [1.82, 2.24) is 39.7 Å². The standard InChI is InChI=1S/C40H39F3N12O4.C5H10O/c1-22-15-46-28(13-30(22)54-10-7-33(56)49-38(54)59)37(58)52-11-8-39(40(42,43)21-52)19-51(20-39)18-23-12-26(41)34(47-16-23)25-4-3-5-29-24(25)6-9-53(29)32-14-27(45-2)36-48-17-31(35(44)57)55(36)50-32;1-6-5-3-2-4-5/h3-5,12-17,45H,6-11,18-21H2,1-2H3,(H2,44,57)(H,49,56,59);5H,2-4H2,1H3. The Morgan fingerprint density at radius 2 is 1.75 bits per heavy atom. The molecule has 0 radical (unpaired) electrons. The van der Waals surface area contributed by atoms with Crippen LogP contribution < -0.4 is 26.2 Å². The number of fused-ring (bicyclic) bond motifs is 2. The molecule has 10 rings (SSSR count).